The summed E-state index contributed by atoms with van der Waals surface area (Å²) in [4.78, 5) is 0. The Morgan fingerprint density at radius 2 is 2.06 bits per heavy atom. The lowest BCUT2D eigenvalue weighted by molar-refractivity contribution is 0.107. The Balaban J connectivity index is 2.01. The van der Waals surface area contributed by atoms with E-state index in [9.17, 15) is 0 Å². The van der Waals surface area contributed by atoms with Crippen molar-refractivity contribution < 1.29 is 9.47 Å². The highest BCUT2D eigenvalue weighted by Crippen LogP contribution is 2.28. The molecule has 2 rings (SSSR count). The maximum absolute atomic E-state index is 6.13. The minimum atomic E-state index is 0.130. The average molecular weight is 249 g/mol. The molecule has 18 heavy (non-hydrogen) atoms. The van der Waals surface area contributed by atoms with Crippen LogP contribution in [-0.2, 0) is 0 Å². The highest BCUT2D eigenvalue weighted by atomic mass is 16.5. The van der Waals surface area contributed by atoms with Crippen LogP contribution < -0.4 is 15.2 Å². The maximum atomic E-state index is 6.13. The second-order valence-corrected chi connectivity index (χ2v) is 5.15. The lowest BCUT2D eigenvalue weighted by atomic mass is 9.85. The molecule has 0 radical (unpaired) electrons. The van der Waals surface area contributed by atoms with Crippen molar-refractivity contribution in [3.63, 3.8) is 0 Å². The van der Waals surface area contributed by atoms with E-state index in [1.54, 1.807) is 0 Å². The van der Waals surface area contributed by atoms with Crippen LogP contribution in [0.5, 0.6) is 11.5 Å². The van der Waals surface area contributed by atoms with Gasteiger partial charge in [-0.2, -0.15) is 0 Å². The maximum Gasteiger partial charge on any atom is 0.123 e. The van der Waals surface area contributed by atoms with Gasteiger partial charge in [0, 0.05) is 12.1 Å². The predicted octanol–water partition coefficient (Wildman–Crippen LogP) is 2.98. The summed E-state index contributed by atoms with van der Waals surface area (Å²) >= 11 is 0. The number of ether oxygens (including phenoxy) is 2. The molecule has 100 valence electrons. The molecule has 2 N–H and O–H groups in total. The van der Waals surface area contributed by atoms with Crippen molar-refractivity contribution in [2.24, 2.45) is 11.7 Å². The molecule has 0 aromatic heterocycles. The third-order valence-electron chi connectivity index (χ3n) is 3.51. The van der Waals surface area contributed by atoms with Gasteiger partial charge in [0.05, 0.1) is 6.61 Å². The first-order chi connectivity index (χ1) is 8.69. The molecule has 0 saturated heterocycles. The summed E-state index contributed by atoms with van der Waals surface area (Å²) in [6.45, 7) is 4.91. The number of hydrogen-bond donors (Lipinski definition) is 1. The Labute approximate surface area is 109 Å². The summed E-state index contributed by atoms with van der Waals surface area (Å²) in [5.41, 5.74) is 6.13. The summed E-state index contributed by atoms with van der Waals surface area (Å²) in [6.07, 6.45) is 3.43. The molecule has 3 heteroatoms. The van der Waals surface area contributed by atoms with Crippen LogP contribution in [0.1, 0.15) is 33.1 Å². The van der Waals surface area contributed by atoms with E-state index < -0.39 is 0 Å². The minimum absolute atomic E-state index is 0.130. The Morgan fingerprint density at radius 3 is 2.83 bits per heavy atom. The van der Waals surface area contributed by atoms with Crippen molar-refractivity contribution in [3.05, 3.63) is 24.3 Å². The zero-order chi connectivity index (χ0) is 13.0. The molecule has 3 nitrogen and oxygen atoms in total. The minimum Gasteiger partial charge on any atom is -0.494 e. The second kappa shape index (κ2) is 6.10. The topological polar surface area (TPSA) is 44.5 Å². The molecule has 1 aromatic carbocycles. The van der Waals surface area contributed by atoms with E-state index in [1.165, 1.54) is 6.42 Å². The summed E-state index contributed by atoms with van der Waals surface area (Å²) in [7, 11) is 0. The molecule has 3 unspecified atom stereocenters. The summed E-state index contributed by atoms with van der Waals surface area (Å²) in [5, 5.41) is 0. The molecule has 0 spiro atoms. The number of nitrogens with two attached hydrogens (primary N) is 1. The van der Waals surface area contributed by atoms with Crippen molar-refractivity contribution in [1.82, 2.24) is 0 Å². The lowest BCUT2D eigenvalue weighted by Gasteiger charge is -2.32. The van der Waals surface area contributed by atoms with Crippen molar-refractivity contribution in [2.45, 2.75) is 45.3 Å². The van der Waals surface area contributed by atoms with Gasteiger partial charge in [0.15, 0.2) is 0 Å². The zero-order valence-corrected chi connectivity index (χ0v) is 11.3. The van der Waals surface area contributed by atoms with Crippen LogP contribution in [0, 0.1) is 5.92 Å². The fourth-order valence-electron chi connectivity index (χ4n) is 2.47. The molecule has 1 aliphatic rings. The average Bonchev–Trinajstić information content (AvgIpc) is 2.35. The standard InChI is InChI=1S/C15H23NO2/c1-3-17-12-5-4-6-13(10-12)18-15-9-11(2)7-8-14(15)16/h4-6,10-11,14-15H,3,7-9,16H2,1-2H3. The highest BCUT2D eigenvalue weighted by Gasteiger charge is 2.27. The first-order valence-electron chi connectivity index (χ1n) is 6.84. The van der Waals surface area contributed by atoms with Gasteiger partial charge < -0.3 is 15.2 Å². The highest BCUT2D eigenvalue weighted by molar-refractivity contribution is 5.33. The van der Waals surface area contributed by atoms with Crippen LogP contribution in [0.3, 0.4) is 0 Å². The van der Waals surface area contributed by atoms with Gasteiger partial charge in [-0.25, -0.2) is 0 Å². The monoisotopic (exact) mass is 249 g/mol. The number of rotatable bonds is 4. The molecule has 1 saturated carbocycles. The molecule has 0 heterocycles. The van der Waals surface area contributed by atoms with Gasteiger partial charge >= 0.3 is 0 Å². The molecule has 1 fully saturated rings. The van der Waals surface area contributed by atoms with Gasteiger partial charge in [-0.1, -0.05) is 13.0 Å². The first-order valence-corrected chi connectivity index (χ1v) is 6.84. The molecule has 1 aromatic rings. The Morgan fingerprint density at radius 1 is 1.28 bits per heavy atom. The van der Waals surface area contributed by atoms with Crippen LogP contribution in [0.2, 0.25) is 0 Å². The Hall–Kier alpha value is -1.22. The van der Waals surface area contributed by atoms with Gasteiger partial charge in [0.2, 0.25) is 0 Å². The van der Waals surface area contributed by atoms with Crippen LogP contribution in [-0.4, -0.2) is 18.8 Å². The zero-order valence-electron chi connectivity index (χ0n) is 11.3. The van der Waals surface area contributed by atoms with Crippen molar-refractivity contribution in [2.75, 3.05) is 6.61 Å². The number of benzene rings is 1. The molecule has 0 bridgehead atoms. The predicted molar refractivity (Wildman–Crippen MR) is 73.0 cm³/mol. The van der Waals surface area contributed by atoms with Gasteiger partial charge in [0.25, 0.3) is 0 Å². The molecule has 0 amide bonds. The summed E-state index contributed by atoms with van der Waals surface area (Å²) < 4.78 is 11.5. The van der Waals surface area contributed by atoms with Crippen LogP contribution in [0.15, 0.2) is 24.3 Å². The van der Waals surface area contributed by atoms with E-state index in [4.69, 9.17) is 15.2 Å². The van der Waals surface area contributed by atoms with E-state index in [2.05, 4.69) is 6.92 Å². The Bertz CT molecular complexity index is 381. The fraction of sp³-hybridized carbons (Fsp3) is 0.600. The largest absolute Gasteiger partial charge is 0.494 e. The third-order valence-corrected chi connectivity index (χ3v) is 3.51. The molecule has 0 aliphatic heterocycles. The SMILES string of the molecule is CCOc1cccc(OC2CC(C)CCC2N)c1. The van der Waals surface area contributed by atoms with E-state index in [-0.39, 0.29) is 12.1 Å². The quantitative estimate of drug-likeness (QED) is 0.892. The third kappa shape index (κ3) is 3.39. The van der Waals surface area contributed by atoms with E-state index in [1.807, 2.05) is 31.2 Å². The first kappa shape index (κ1) is 13.2. The van der Waals surface area contributed by atoms with Crippen LogP contribution in [0.4, 0.5) is 0 Å². The normalized spacial score (nSPS) is 27.8. The lowest BCUT2D eigenvalue weighted by Crippen LogP contribution is -2.43. The van der Waals surface area contributed by atoms with Crippen molar-refractivity contribution in [1.29, 1.82) is 0 Å². The van der Waals surface area contributed by atoms with Gasteiger partial charge in [-0.3, -0.25) is 0 Å². The van der Waals surface area contributed by atoms with Crippen LogP contribution >= 0.6 is 0 Å². The molecule has 3 atom stereocenters. The smallest absolute Gasteiger partial charge is 0.123 e. The fourth-order valence-corrected chi connectivity index (χ4v) is 2.47. The van der Waals surface area contributed by atoms with Crippen molar-refractivity contribution in [3.8, 4) is 11.5 Å². The molecular weight excluding hydrogens is 226 g/mol. The van der Waals surface area contributed by atoms with E-state index in [0.717, 1.165) is 24.3 Å². The second-order valence-electron chi connectivity index (χ2n) is 5.15. The van der Waals surface area contributed by atoms with E-state index in [0.29, 0.717) is 12.5 Å². The van der Waals surface area contributed by atoms with Gasteiger partial charge in [0.1, 0.15) is 17.6 Å². The van der Waals surface area contributed by atoms with Gasteiger partial charge in [-0.15, -0.1) is 0 Å². The Kier molecular flexibility index (Phi) is 4.48. The van der Waals surface area contributed by atoms with Crippen LogP contribution in [0.25, 0.3) is 0 Å². The summed E-state index contributed by atoms with van der Waals surface area (Å²) in [5.74, 6) is 2.41. The van der Waals surface area contributed by atoms with E-state index >= 15 is 0 Å². The molecule has 1 aliphatic carbocycles. The van der Waals surface area contributed by atoms with Crippen molar-refractivity contribution >= 4 is 0 Å². The molecular formula is C15H23NO2. The van der Waals surface area contributed by atoms with Gasteiger partial charge in [-0.05, 0) is 44.2 Å². The summed E-state index contributed by atoms with van der Waals surface area (Å²) in [6, 6.07) is 7.96. The number of hydrogen-bond acceptors (Lipinski definition) is 3.